The summed E-state index contributed by atoms with van der Waals surface area (Å²) in [6.07, 6.45) is -0.237. The third-order valence-electron chi connectivity index (χ3n) is 3.81. The van der Waals surface area contributed by atoms with Gasteiger partial charge in [-0.05, 0) is 12.1 Å². The fourth-order valence-electron chi connectivity index (χ4n) is 2.61. The Morgan fingerprint density at radius 1 is 1.35 bits per heavy atom. The Labute approximate surface area is 129 Å². The molecule has 3 aromatic rings. The first-order chi connectivity index (χ1) is 11.1. The number of benzene rings is 1. The maximum atomic E-state index is 12.3. The Bertz CT molecular complexity index is 986. The lowest BCUT2D eigenvalue weighted by Crippen LogP contribution is -2.33. The van der Waals surface area contributed by atoms with Gasteiger partial charge in [-0.2, -0.15) is 4.98 Å². The van der Waals surface area contributed by atoms with E-state index in [9.17, 15) is 9.59 Å². The molecule has 0 bridgehead atoms. The van der Waals surface area contributed by atoms with Gasteiger partial charge >= 0.3 is 5.69 Å². The van der Waals surface area contributed by atoms with Gasteiger partial charge in [-0.25, -0.2) is 4.79 Å². The molecule has 0 radical (unpaired) electrons. The Morgan fingerprint density at radius 2 is 2.13 bits per heavy atom. The molecule has 0 aliphatic carbocycles. The van der Waals surface area contributed by atoms with Gasteiger partial charge in [0.15, 0.2) is 17.3 Å². The van der Waals surface area contributed by atoms with Crippen LogP contribution in [0.15, 0.2) is 39.9 Å². The topological polar surface area (TPSA) is 91.1 Å². The van der Waals surface area contributed by atoms with E-state index >= 15 is 0 Å². The number of para-hydroxylation sites is 1. The molecule has 1 atom stereocenters. The molecule has 0 saturated carbocycles. The molecular weight excluding hydrogens is 300 g/mol. The van der Waals surface area contributed by atoms with Crippen LogP contribution in [0.4, 0.5) is 0 Å². The zero-order chi connectivity index (χ0) is 16.0. The molecule has 0 amide bonds. The summed E-state index contributed by atoms with van der Waals surface area (Å²) in [6, 6.07) is 9.75. The highest BCUT2D eigenvalue weighted by molar-refractivity contribution is 5.71. The van der Waals surface area contributed by atoms with Crippen LogP contribution in [0, 0.1) is 0 Å². The highest BCUT2D eigenvalue weighted by Gasteiger charge is 2.29. The Morgan fingerprint density at radius 3 is 2.91 bits per heavy atom. The largest absolute Gasteiger partial charge is 0.490 e. The monoisotopic (exact) mass is 314 g/mol. The summed E-state index contributed by atoms with van der Waals surface area (Å²) in [7, 11) is 1.42. The second-order valence-corrected chi connectivity index (χ2v) is 5.36. The second-order valence-electron chi connectivity index (χ2n) is 5.36. The molecule has 8 nitrogen and oxygen atoms in total. The van der Waals surface area contributed by atoms with E-state index in [2.05, 4.69) is 9.97 Å². The van der Waals surface area contributed by atoms with Gasteiger partial charge in [-0.15, -0.1) is 0 Å². The predicted molar refractivity (Wildman–Crippen MR) is 81.9 cm³/mol. The third-order valence-corrected chi connectivity index (χ3v) is 3.81. The van der Waals surface area contributed by atoms with E-state index in [1.54, 1.807) is 4.57 Å². The Kier molecular flexibility index (Phi) is 2.97. The molecule has 1 N–H and O–H groups in total. The minimum atomic E-state index is -0.497. The molecule has 8 heteroatoms. The smallest absolute Gasteiger partial charge is 0.329 e. The van der Waals surface area contributed by atoms with Gasteiger partial charge in [-0.3, -0.25) is 18.9 Å². The number of aromatic nitrogens is 4. The van der Waals surface area contributed by atoms with E-state index in [0.717, 1.165) is 10.3 Å². The van der Waals surface area contributed by atoms with Crippen LogP contribution in [0.25, 0.3) is 11.2 Å². The highest BCUT2D eigenvalue weighted by atomic mass is 16.6. The summed E-state index contributed by atoms with van der Waals surface area (Å²) < 4.78 is 14.1. The minimum absolute atomic E-state index is 0.237. The summed E-state index contributed by atoms with van der Waals surface area (Å²) in [5, 5.41) is 0. The van der Waals surface area contributed by atoms with Crippen molar-refractivity contribution in [1.82, 2.24) is 19.1 Å². The van der Waals surface area contributed by atoms with E-state index in [-0.39, 0.29) is 11.8 Å². The number of ether oxygens (including phenoxy) is 2. The molecule has 118 valence electrons. The number of nitrogens with zero attached hydrogens (tertiary/aromatic N) is 3. The van der Waals surface area contributed by atoms with Gasteiger partial charge in [0.05, 0.1) is 6.54 Å². The molecule has 1 aromatic carbocycles. The van der Waals surface area contributed by atoms with E-state index in [0.29, 0.717) is 24.7 Å². The average Bonchev–Trinajstić information content (AvgIpc) is 3.08. The van der Waals surface area contributed by atoms with Gasteiger partial charge in [-0.1, -0.05) is 18.2 Å². The van der Waals surface area contributed by atoms with Crippen molar-refractivity contribution < 1.29 is 9.47 Å². The maximum absolute atomic E-state index is 12.3. The quantitative estimate of drug-likeness (QED) is 0.749. The van der Waals surface area contributed by atoms with Crippen molar-refractivity contribution in [2.45, 2.75) is 12.6 Å². The number of hydrogen-bond acceptors (Lipinski definition) is 5. The molecule has 23 heavy (non-hydrogen) atoms. The molecule has 2 aromatic heterocycles. The molecule has 0 fully saturated rings. The van der Waals surface area contributed by atoms with Crippen molar-refractivity contribution >= 4 is 11.2 Å². The minimum Gasteiger partial charge on any atom is -0.490 e. The van der Waals surface area contributed by atoms with E-state index < -0.39 is 11.2 Å². The number of imidazole rings is 1. The molecule has 1 aliphatic rings. The molecule has 3 heterocycles. The SMILES string of the molecule is Cn1c(=O)[nH]c2nc3n(c2c1=O)CC(COc1ccccc1)O3. The van der Waals surface area contributed by atoms with Crippen LogP contribution in [0.3, 0.4) is 0 Å². The molecule has 0 spiro atoms. The third kappa shape index (κ3) is 2.19. The number of aromatic amines is 1. The van der Waals surface area contributed by atoms with Crippen molar-refractivity contribution in [3.8, 4) is 11.8 Å². The van der Waals surface area contributed by atoms with Crippen molar-refractivity contribution in [1.29, 1.82) is 0 Å². The zero-order valence-electron chi connectivity index (χ0n) is 12.4. The lowest BCUT2D eigenvalue weighted by molar-refractivity contribution is 0.144. The number of rotatable bonds is 3. The van der Waals surface area contributed by atoms with Gasteiger partial charge < -0.3 is 9.47 Å². The summed E-state index contributed by atoms with van der Waals surface area (Å²) in [5.41, 5.74) is -0.307. The fourth-order valence-corrected chi connectivity index (χ4v) is 2.61. The van der Waals surface area contributed by atoms with Crippen molar-refractivity contribution in [2.24, 2.45) is 7.05 Å². The van der Waals surface area contributed by atoms with Gasteiger partial charge in [0.2, 0.25) is 0 Å². The maximum Gasteiger partial charge on any atom is 0.329 e. The Hall–Kier alpha value is -3.03. The normalized spacial score (nSPS) is 16.3. The van der Waals surface area contributed by atoms with Gasteiger partial charge in [0.1, 0.15) is 12.4 Å². The lowest BCUT2D eigenvalue weighted by atomic mass is 10.3. The highest BCUT2D eigenvalue weighted by Crippen LogP contribution is 2.25. The van der Waals surface area contributed by atoms with Crippen LogP contribution in [-0.4, -0.2) is 31.8 Å². The zero-order valence-corrected chi connectivity index (χ0v) is 12.4. The van der Waals surface area contributed by atoms with Gasteiger partial charge in [0.25, 0.3) is 11.6 Å². The van der Waals surface area contributed by atoms with Crippen molar-refractivity contribution in [3.63, 3.8) is 0 Å². The first-order valence-corrected chi connectivity index (χ1v) is 7.17. The molecule has 1 unspecified atom stereocenters. The molecular formula is C15H14N4O4. The van der Waals surface area contributed by atoms with Crippen LogP contribution in [-0.2, 0) is 13.6 Å². The second kappa shape index (κ2) is 5.01. The van der Waals surface area contributed by atoms with E-state index in [1.807, 2.05) is 30.3 Å². The summed E-state index contributed by atoms with van der Waals surface area (Å²) >= 11 is 0. The van der Waals surface area contributed by atoms with Crippen LogP contribution in [0.2, 0.25) is 0 Å². The molecule has 1 aliphatic heterocycles. The summed E-state index contributed by atoms with van der Waals surface area (Å²) in [4.78, 5) is 30.6. The summed E-state index contributed by atoms with van der Waals surface area (Å²) in [5.74, 6) is 0.755. The fraction of sp³-hybridized carbons (Fsp3) is 0.267. The number of nitrogens with one attached hydrogen (secondary N) is 1. The van der Waals surface area contributed by atoms with Crippen LogP contribution >= 0.6 is 0 Å². The van der Waals surface area contributed by atoms with E-state index in [1.165, 1.54) is 7.05 Å². The van der Waals surface area contributed by atoms with Crippen molar-refractivity contribution in [3.05, 3.63) is 51.2 Å². The van der Waals surface area contributed by atoms with Crippen LogP contribution in [0.5, 0.6) is 11.8 Å². The summed E-state index contributed by atoms with van der Waals surface area (Å²) in [6.45, 7) is 0.790. The first kappa shape index (κ1) is 13.6. The number of fused-ring (bicyclic) bond motifs is 3. The number of H-pyrrole nitrogens is 1. The van der Waals surface area contributed by atoms with Crippen LogP contribution in [0.1, 0.15) is 0 Å². The standard InChI is InChI=1S/C15H14N4O4/c1-18-13(20)11-12(16-14(18)21)17-15-19(11)7-10(23-15)8-22-9-5-3-2-4-6-9/h2-6,10H,7-8H2,1H3,(H,16,21). The Balaban J connectivity index is 1.60. The van der Waals surface area contributed by atoms with Crippen LogP contribution < -0.4 is 20.7 Å². The first-order valence-electron chi connectivity index (χ1n) is 7.17. The lowest BCUT2D eigenvalue weighted by Gasteiger charge is -2.11. The van der Waals surface area contributed by atoms with Crippen molar-refractivity contribution in [2.75, 3.05) is 6.61 Å². The van der Waals surface area contributed by atoms with Gasteiger partial charge in [0, 0.05) is 7.05 Å². The molecule has 4 rings (SSSR count). The van der Waals surface area contributed by atoms with E-state index in [4.69, 9.17) is 9.47 Å². The number of hydrogen-bond donors (Lipinski definition) is 1. The molecule has 0 saturated heterocycles. The average molecular weight is 314 g/mol. The predicted octanol–water partition coefficient (Wildman–Crippen LogP) is 0.263.